The minimum atomic E-state index is -0.565. The number of ether oxygens (including phenoxy) is 1. The molecular weight excluding hydrogens is 398 g/mol. The average Bonchev–Trinajstić information content (AvgIpc) is 3.16. The highest BCUT2D eigenvalue weighted by atomic mass is 16.6. The van der Waals surface area contributed by atoms with Crippen molar-refractivity contribution in [1.82, 2.24) is 14.5 Å². The van der Waals surface area contributed by atoms with Crippen LogP contribution < -0.4 is 5.32 Å². The SMILES string of the molecule is CCOC(=O)C1=C(C)Nc2ncc(CCN(CC)CC)n2C1c1cccc([N+](=O)[O-])c1. The highest BCUT2D eigenvalue weighted by Gasteiger charge is 2.35. The van der Waals surface area contributed by atoms with Gasteiger partial charge in [-0.15, -0.1) is 0 Å². The lowest BCUT2D eigenvalue weighted by atomic mass is 9.94. The molecule has 0 spiro atoms. The van der Waals surface area contributed by atoms with Gasteiger partial charge in [-0.2, -0.15) is 0 Å². The largest absolute Gasteiger partial charge is 0.463 e. The standard InChI is InChI=1S/C22H29N5O4/c1-5-25(6-2)12-11-18-14-23-22-24-15(4)19(21(28)31-7-3)20(26(18)22)16-9-8-10-17(13-16)27(29)30/h8-10,13-14,20H,5-7,11-12H2,1-4H3,(H,23,24). The van der Waals surface area contributed by atoms with E-state index < -0.39 is 16.9 Å². The Balaban J connectivity index is 2.11. The molecule has 1 aromatic heterocycles. The van der Waals surface area contributed by atoms with E-state index in [0.29, 0.717) is 22.8 Å². The second-order valence-corrected chi connectivity index (χ2v) is 7.36. The van der Waals surface area contributed by atoms with Gasteiger partial charge in [0.15, 0.2) is 0 Å². The zero-order valence-electron chi connectivity index (χ0n) is 18.4. The molecule has 9 nitrogen and oxygen atoms in total. The number of nitrogens with zero attached hydrogens (tertiary/aromatic N) is 4. The molecule has 1 aliphatic rings. The van der Waals surface area contributed by atoms with Crippen molar-refractivity contribution in [1.29, 1.82) is 0 Å². The summed E-state index contributed by atoms with van der Waals surface area (Å²) in [4.78, 5) is 30.7. The first-order chi connectivity index (χ1) is 14.9. The molecule has 0 aliphatic carbocycles. The van der Waals surface area contributed by atoms with E-state index in [1.165, 1.54) is 12.1 Å². The fraction of sp³-hybridized carbons (Fsp3) is 0.455. The number of allylic oxidation sites excluding steroid dienone is 1. The van der Waals surface area contributed by atoms with Crippen LogP contribution in [0.3, 0.4) is 0 Å². The molecule has 31 heavy (non-hydrogen) atoms. The number of nitrogens with one attached hydrogen (secondary N) is 1. The monoisotopic (exact) mass is 427 g/mol. The van der Waals surface area contributed by atoms with Crippen molar-refractivity contribution in [2.45, 2.75) is 40.2 Å². The van der Waals surface area contributed by atoms with Crippen molar-refractivity contribution in [2.75, 3.05) is 31.6 Å². The van der Waals surface area contributed by atoms with Crippen LogP contribution in [0.25, 0.3) is 0 Å². The number of fused-ring (bicyclic) bond motifs is 1. The summed E-state index contributed by atoms with van der Waals surface area (Å²) < 4.78 is 7.29. The van der Waals surface area contributed by atoms with Crippen molar-refractivity contribution in [3.05, 3.63) is 63.1 Å². The summed E-state index contributed by atoms with van der Waals surface area (Å²) >= 11 is 0. The van der Waals surface area contributed by atoms with E-state index in [4.69, 9.17) is 4.74 Å². The number of anilines is 1. The third-order valence-corrected chi connectivity index (χ3v) is 5.58. The molecule has 0 saturated heterocycles. The predicted octanol–water partition coefficient (Wildman–Crippen LogP) is 3.53. The first kappa shape index (κ1) is 22.5. The first-order valence-electron chi connectivity index (χ1n) is 10.6. The summed E-state index contributed by atoms with van der Waals surface area (Å²) in [6, 6.07) is 5.83. The molecule has 9 heteroatoms. The smallest absolute Gasteiger partial charge is 0.338 e. The molecular formula is C22H29N5O4. The quantitative estimate of drug-likeness (QED) is 0.371. The van der Waals surface area contributed by atoms with Crippen LogP contribution in [0, 0.1) is 10.1 Å². The van der Waals surface area contributed by atoms with Crippen LogP contribution in [0.5, 0.6) is 0 Å². The fourth-order valence-corrected chi connectivity index (χ4v) is 3.94. The zero-order valence-corrected chi connectivity index (χ0v) is 18.4. The second kappa shape index (κ2) is 9.74. The fourth-order valence-electron chi connectivity index (χ4n) is 3.94. The van der Waals surface area contributed by atoms with E-state index in [2.05, 4.69) is 29.0 Å². The Morgan fingerprint density at radius 1 is 1.32 bits per heavy atom. The summed E-state index contributed by atoms with van der Waals surface area (Å²) in [6.07, 6.45) is 2.54. The van der Waals surface area contributed by atoms with Crippen LogP contribution in [0.2, 0.25) is 0 Å². The van der Waals surface area contributed by atoms with Gasteiger partial charge in [0.05, 0.1) is 29.3 Å². The van der Waals surface area contributed by atoms with Crippen molar-refractivity contribution >= 4 is 17.6 Å². The molecule has 2 aromatic rings. The van der Waals surface area contributed by atoms with Gasteiger partial charge in [-0.3, -0.25) is 10.1 Å². The number of carbonyl (C=O) groups excluding carboxylic acids is 1. The minimum Gasteiger partial charge on any atom is -0.463 e. The van der Waals surface area contributed by atoms with E-state index in [1.54, 1.807) is 32.2 Å². The number of likely N-dealkylation sites (N-methyl/N-ethyl adjacent to an activating group) is 1. The molecule has 0 amide bonds. The number of esters is 1. The maximum absolute atomic E-state index is 12.9. The van der Waals surface area contributed by atoms with Crippen LogP contribution in [0.1, 0.15) is 45.0 Å². The summed E-state index contributed by atoms with van der Waals surface area (Å²) in [5.74, 6) is 0.162. The summed E-state index contributed by atoms with van der Waals surface area (Å²) in [5, 5.41) is 14.6. The first-order valence-corrected chi connectivity index (χ1v) is 10.6. The highest BCUT2D eigenvalue weighted by molar-refractivity contribution is 5.92. The van der Waals surface area contributed by atoms with Gasteiger partial charge >= 0.3 is 5.97 Å². The molecule has 0 radical (unpaired) electrons. The van der Waals surface area contributed by atoms with Crippen molar-refractivity contribution in [3.8, 4) is 0 Å². The van der Waals surface area contributed by atoms with Gasteiger partial charge in [0.1, 0.15) is 0 Å². The van der Waals surface area contributed by atoms with Crippen LogP contribution in [-0.4, -0.2) is 51.6 Å². The summed E-state index contributed by atoms with van der Waals surface area (Å²) in [6.45, 7) is 10.8. The van der Waals surface area contributed by atoms with Gasteiger partial charge in [0.25, 0.3) is 5.69 Å². The Bertz CT molecular complexity index is 994. The molecule has 3 rings (SSSR count). The number of imidazole rings is 1. The van der Waals surface area contributed by atoms with E-state index in [9.17, 15) is 14.9 Å². The topological polar surface area (TPSA) is 103 Å². The van der Waals surface area contributed by atoms with Crippen molar-refractivity contribution in [2.24, 2.45) is 0 Å². The number of nitro groups is 1. The molecule has 0 fully saturated rings. The maximum atomic E-state index is 12.9. The number of aromatic nitrogens is 2. The molecule has 0 bridgehead atoms. The second-order valence-electron chi connectivity index (χ2n) is 7.36. The zero-order chi connectivity index (χ0) is 22.5. The van der Waals surface area contributed by atoms with Gasteiger partial charge in [-0.1, -0.05) is 26.0 Å². The number of hydrogen-bond acceptors (Lipinski definition) is 7. The molecule has 1 aliphatic heterocycles. The molecule has 1 unspecified atom stereocenters. The van der Waals surface area contributed by atoms with Crippen LogP contribution >= 0.6 is 0 Å². The van der Waals surface area contributed by atoms with E-state index in [0.717, 1.165) is 31.7 Å². The number of nitro benzene ring substituents is 1. The van der Waals surface area contributed by atoms with Gasteiger partial charge in [-0.05, 0) is 32.5 Å². The average molecular weight is 428 g/mol. The number of non-ortho nitro benzene ring substituents is 1. The third-order valence-electron chi connectivity index (χ3n) is 5.58. The number of hydrogen-bond donors (Lipinski definition) is 1. The van der Waals surface area contributed by atoms with E-state index in [-0.39, 0.29) is 12.3 Å². The van der Waals surface area contributed by atoms with Crippen molar-refractivity contribution < 1.29 is 14.5 Å². The molecule has 1 aromatic carbocycles. The Morgan fingerprint density at radius 2 is 2.06 bits per heavy atom. The van der Waals surface area contributed by atoms with Crippen LogP contribution in [0.15, 0.2) is 41.7 Å². The maximum Gasteiger partial charge on any atom is 0.338 e. The van der Waals surface area contributed by atoms with E-state index >= 15 is 0 Å². The lowest BCUT2D eigenvalue weighted by Gasteiger charge is -2.31. The lowest BCUT2D eigenvalue weighted by molar-refractivity contribution is -0.384. The molecule has 1 atom stereocenters. The van der Waals surface area contributed by atoms with Crippen LogP contribution in [0.4, 0.5) is 11.6 Å². The molecule has 1 N–H and O–H groups in total. The lowest BCUT2D eigenvalue weighted by Crippen LogP contribution is -2.31. The summed E-state index contributed by atoms with van der Waals surface area (Å²) in [7, 11) is 0. The van der Waals surface area contributed by atoms with Crippen molar-refractivity contribution in [3.63, 3.8) is 0 Å². The molecule has 166 valence electrons. The molecule has 2 heterocycles. The normalized spacial score (nSPS) is 15.6. The Hall–Kier alpha value is -3.20. The highest BCUT2D eigenvalue weighted by Crippen LogP contribution is 2.38. The van der Waals surface area contributed by atoms with Gasteiger partial charge < -0.3 is 19.5 Å². The van der Waals surface area contributed by atoms with Crippen LogP contribution in [-0.2, 0) is 16.0 Å². The Morgan fingerprint density at radius 3 is 2.71 bits per heavy atom. The Labute approximate surface area is 181 Å². The number of carbonyl (C=O) groups is 1. The molecule has 0 saturated carbocycles. The minimum absolute atomic E-state index is 0.0248. The Kier molecular flexibility index (Phi) is 7.06. The van der Waals surface area contributed by atoms with E-state index in [1.807, 2.05) is 4.57 Å². The summed E-state index contributed by atoms with van der Waals surface area (Å²) in [5.41, 5.74) is 2.62. The van der Waals surface area contributed by atoms with Gasteiger partial charge in [-0.25, -0.2) is 9.78 Å². The van der Waals surface area contributed by atoms with Gasteiger partial charge in [0, 0.05) is 36.5 Å². The number of rotatable bonds is 9. The van der Waals surface area contributed by atoms with Gasteiger partial charge in [0.2, 0.25) is 5.95 Å². The predicted molar refractivity (Wildman–Crippen MR) is 118 cm³/mol. The number of benzene rings is 1. The third kappa shape index (κ3) is 4.61.